The molecule has 0 spiro atoms. The number of carbonyl (C=O) groups is 1. The van der Waals surface area contributed by atoms with Gasteiger partial charge in [0.25, 0.3) is 5.91 Å². The van der Waals surface area contributed by atoms with Gasteiger partial charge in [0.2, 0.25) is 15.0 Å². The fourth-order valence-corrected chi connectivity index (χ4v) is 8.91. The van der Waals surface area contributed by atoms with Crippen LogP contribution < -0.4 is 19.3 Å². The van der Waals surface area contributed by atoms with E-state index < -0.39 is 32.8 Å². The van der Waals surface area contributed by atoms with Crippen molar-refractivity contribution in [3.8, 4) is 23.3 Å². The third-order valence-corrected chi connectivity index (χ3v) is 12.4. The van der Waals surface area contributed by atoms with Crippen molar-refractivity contribution in [3.05, 3.63) is 103 Å². The van der Waals surface area contributed by atoms with Crippen LogP contribution in [0, 0.1) is 25.7 Å². The Morgan fingerprint density at radius 1 is 0.984 bits per heavy atom. The van der Waals surface area contributed by atoms with Crippen LogP contribution in [0.3, 0.4) is 0 Å². The number of methoxy groups -OCH3 is 2. The van der Waals surface area contributed by atoms with Gasteiger partial charge in [0.1, 0.15) is 17.3 Å². The van der Waals surface area contributed by atoms with Crippen molar-refractivity contribution in [1.29, 1.82) is 0 Å². The topological polar surface area (TPSA) is 132 Å². The van der Waals surface area contributed by atoms with E-state index >= 15 is 13.2 Å². The molecule has 1 amide bonds. The number of benzene rings is 3. The lowest BCUT2D eigenvalue weighted by Gasteiger charge is -2.33. The second kappa shape index (κ2) is 17.3. The second-order valence-corrected chi connectivity index (χ2v) is 18.1. The van der Waals surface area contributed by atoms with Crippen molar-refractivity contribution in [2.75, 3.05) is 50.9 Å². The Balaban J connectivity index is 1.41. The number of ether oxygens (including phenoxy) is 3. The number of aryl methyl sites for hydroxylation is 3. The lowest BCUT2D eigenvalue weighted by Crippen LogP contribution is -2.30. The van der Waals surface area contributed by atoms with Crippen LogP contribution in [0.4, 0.5) is 36.1 Å². The Morgan fingerprint density at radius 2 is 1.63 bits per heavy atom. The van der Waals surface area contributed by atoms with Gasteiger partial charge in [0, 0.05) is 56.7 Å². The average molecular weight is 937 g/mol. The van der Waals surface area contributed by atoms with Crippen LogP contribution in [-0.4, -0.2) is 80.1 Å². The first kappa shape index (κ1) is 44.4. The number of aromatic nitrogens is 4. The first-order valence-corrected chi connectivity index (χ1v) is 22.2. The fourth-order valence-electron chi connectivity index (χ4n) is 7.81. The van der Waals surface area contributed by atoms with Crippen molar-refractivity contribution >= 4 is 54.6 Å². The quantitative estimate of drug-likeness (QED) is 0.105. The van der Waals surface area contributed by atoms with Gasteiger partial charge in [-0.3, -0.25) is 9.48 Å². The molecule has 0 saturated heterocycles. The number of fused-ring (bicyclic) bond motifs is 2. The number of hydrogen-bond donors (Lipinski definition) is 0. The molecule has 7 rings (SSSR count). The standard InChI is InChI=1S/C44H45BrF3N7O6S/c1-9-11-27-20-28(55(32-18-25(2)12-14-35(32)59-6)33-19-26(3)13-15-36(33)60-7)21-29(38(27)44(46,47)48)37-22-31-30(24-61-37)41(50-43(49-31)62(8,57)58)53-16-10-17-54-34(23-53)39(45)40(51-54)42(56)52(4)5/h12-15,18-21,37H,10,16-17,22-24H2,1-8H3. The summed E-state index contributed by atoms with van der Waals surface area (Å²) in [4.78, 5) is 27.0. The van der Waals surface area contributed by atoms with Crippen LogP contribution in [0.15, 0.2) is 58.2 Å². The predicted molar refractivity (Wildman–Crippen MR) is 231 cm³/mol. The van der Waals surface area contributed by atoms with Crippen LogP contribution in [0.25, 0.3) is 0 Å². The molecular weight excluding hydrogens is 891 g/mol. The number of anilines is 4. The van der Waals surface area contributed by atoms with E-state index in [0.717, 1.165) is 17.4 Å². The highest BCUT2D eigenvalue weighted by molar-refractivity contribution is 9.10. The van der Waals surface area contributed by atoms with Crippen LogP contribution in [-0.2, 0) is 46.9 Å². The highest BCUT2D eigenvalue weighted by Crippen LogP contribution is 2.49. The first-order valence-electron chi connectivity index (χ1n) is 19.5. The summed E-state index contributed by atoms with van der Waals surface area (Å²) in [7, 11) is 2.27. The Kier molecular flexibility index (Phi) is 12.4. The molecule has 0 radical (unpaired) electrons. The first-order chi connectivity index (χ1) is 29.3. The molecule has 5 aromatic rings. The third-order valence-electron chi connectivity index (χ3n) is 10.7. The lowest BCUT2D eigenvalue weighted by molar-refractivity contribution is -0.140. The maximum absolute atomic E-state index is 15.5. The summed E-state index contributed by atoms with van der Waals surface area (Å²) in [6.45, 7) is 6.10. The van der Waals surface area contributed by atoms with Crippen LogP contribution >= 0.6 is 15.9 Å². The number of amides is 1. The maximum atomic E-state index is 15.5. The smallest absolute Gasteiger partial charge is 0.417 e. The van der Waals surface area contributed by atoms with Gasteiger partial charge in [-0.25, -0.2) is 18.4 Å². The normalized spacial score (nSPS) is 15.2. The van der Waals surface area contributed by atoms with Crippen molar-refractivity contribution in [1.82, 2.24) is 24.6 Å². The number of hydrogen-bond acceptors (Lipinski definition) is 11. The minimum absolute atomic E-state index is 0.185. The summed E-state index contributed by atoms with van der Waals surface area (Å²) >= 11 is 3.57. The molecule has 2 aliphatic heterocycles. The molecule has 0 N–H and O–H groups in total. The van der Waals surface area contributed by atoms with Gasteiger partial charge in [-0.2, -0.15) is 18.3 Å². The SMILES string of the molecule is CC#Cc1cc(N(c2cc(C)ccc2OC)c2cc(C)ccc2OC)cc(C2Cc3nc(S(C)(=O)=O)nc(N4CCCn5nc(C(=O)N(C)C)c(Br)c5C4)c3CO2)c1C(F)(F)F. The van der Waals surface area contributed by atoms with E-state index in [1.165, 1.54) is 38.2 Å². The van der Waals surface area contributed by atoms with Gasteiger partial charge in [0.15, 0.2) is 5.69 Å². The minimum Gasteiger partial charge on any atom is -0.495 e. The molecule has 3 aromatic carbocycles. The summed E-state index contributed by atoms with van der Waals surface area (Å²) in [5.74, 6) is 6.25. The zero-order valence-corrected chi connectivity index (χ0v) is 37.8. The van der Waals surface area contributed by atoms with E-state index in [1.54, 1.807) is 35.8 Å². The largest absolute Gasteiger partial charge is 0.495 e. The second-order valence-electron chi connectivity index (χ2n) is 15.4. The lowest BCUT2D eigenvalue weighted by atomic mass is 9.91. The van der Waals surface area contributed by atoms with Crippen molar-refractivity contribution in [3.63, 3.8) is 0 Å². The summed E-state index contributed by atoms with van der Waals surface area (Å²) in [6, 6.07) is 13.9. The summed E-state index contributed by atoms with van der Waals surface area (Å²) in [5.41, 5.74) is 3.20. The van der Waals surface area contributed by atoms with Gasteiger partial charge in [-0.05, 0) is 96.2 Å². The molecule has 0 fully saturated rings. The fraction of sp³-hybridized carbons (Fsp3) is 0.364. The molecule has 326 valence electrons. The molecule has 62 heavy (non-hydrogen) atoms. The highest BCUT2D eigenvalue weighted by atomic mass is 79.9. The molecule has 0 saturated carbocycles. The van der Waals surface area contributed by atoms with Crippen molar-refractivity contribution in [2.45, 2.75) is 70.7 Å². The molecule has 18 heteroatoms. The van der Waals surface area contributed by atoms with E-state index in [9.17, 15) is 13.2 Å². The molecule has 2 aliphatic rings. The van der Waals surface area contributed by atoms with E-state index in [0.29, 0.717) is 63.8 Å². The third kappa shape index (κ3) is 8.57. The molecular formula is C44H45BrF3N7O6S. The Hall–Kier alpha value is -5.64. The van der Waals surface area contributed by atoms with E-state index in [2.05, 4.69) is 42.8 Å². The molecule has 13 nitrogen and oxygen atoms in total. The highest BCUT2D eigenvalue weighted by Gasteiger charge is 2.41. The van der Waals surface area contributed by atoms with E-state index in [-0.39, 0.29) is 53.8 Å². The number of carbonyl (C=O) groups excluding carboxylic acids is 1. The monoisotopic (exact) mass is 935 g/mol. The summed E-state index contributed by atoms with van der Waals surface area (Å²) in [6.07, 6.45) is -4.82. The van der Waals surface area contributed by atoms with E-state index in [1.807, 2.05) is 43.0 Å². The van der Waals surface area contributed by atoms with Crippen LogP contribution in [0.5, 0.6) is 11.5 Å². The van der Waals surface area contributed by atoms with Crippen LogP contribution in [0.1, 0.15) is 74.7 Å². The van der Waals surface area contributed by atoms with Gasteiger partial charge in [-0.1, -0.05) is 18.1 Å². The number of halogens is 4. The zero-order valence-electron chi connectivity index (χ0n) is 35.4. The Labute approximate surface area is 366 Å². The summed E-state index contributed by atoms with van der Waals surface area (Å²) in [5, 5.41) is 4.09. The maximum Gasteiger partial charge on any atom is 0.417 e. The molecule has 0 bridgehead atoms. The Morgan fingerprint density at radius 3 is 2.19 bits per heavy atom. The van der Waals surface area contributed by atoms with Gasteiger partial charge in [-0.15, -0.1) is 5.92 Å². The van der Waals surface area contributed by atoms with Crippen LogP contribution in [0.2, 0.25) is 0 Å². The van der Waals surface area contributed by atoms with Gasteiger partial charge < -0.3 is 28.9 Å². The number of nitrogens with zero attached hydrogens (tertiary/aromatic N) is 7. The molecule has 0 aliphatic carbocycles. The van der Waals surface area contributed by atoms with Crippen molar-refractivity contribution < 1.29 is 40.6 Å². The molecule has 2 aromatic heterocycles. The van der Waals surface area contributed by atoms with Gasteiger partial charge >= 0.3 is 6.18 Å². The zero-order chi connectivity index (χ0) is 44.8. The number of rotatable bonds is 9. The molecule has 4 heterocycles. The molecule has 1 unspecified atom stereocenters. The Bertz CT molecular complexity index is 2710. The van der Waals surface area contributed by atoms with Gasteiger partial charge in [0.05, 0.1) is 66.3 Å². The number of alkyl halides is 3. The minimum atomic E-state index is -4.88. The average Bonchev–Trinajstić information content (AvgIpc) is 3.37. The van der Waals surface area contributed by atoms with Crippen molar-refractivity contribution in [2.24, 2.45) is 0 Å². The summed E-state index contributed by atoms with van der Waals surface area (Å²) < 4.78 is 93.2. The number of sulfone groups is 1. The predicted octanol–water partition coefficient (Wildman–Crippen LogP) is 8.26. The molecule has 1 atom stereocenters. The van der Waals surface area contributed by atoms with E-state index in [4.69, 9.17) is 14.2 Å².